The highest BCUT2D eigenvalue weighted by atomic mass is 32.2. The average molecular weight is 719 g/mol. The number of halogens is 3. The Hall–Kier alpha value is -3.29. The molecule has 2 unspecified atom stereocenters. The zero-order valence-corrected chi connectivity index (χ0v) is 32.8. The maximum absolute atomic E-state index is 17.3. The van der Waals surface area contributed by atoms with Gasteiger partial charge in [-0.05, 0) is 98.5 Å². The van der Waals surface area contributed by atoms with Crippen LogP contribution in [-0.2, 0) is 0 Å². The van der Waals surface area contributed by atoms with Gasteiger partial charge in [0.25, 0.3) is 0 Å². The summed E-state index contributed by atoms with van der Waals surface area (Å²) in [6, 6.07) is 4.23. The lowest BCUT2D eigenvalue weighted by Crippen LogP contribution is -2.43. The lowest BCUT2D eigenvalue weighted by Gasteiger charge is -2.38. The van der Waals surface area contributed by atoms with Crippen molar-refractivity contribution in [3.05, 3.63) is 46.8 Å². The van der Waals surface area contributed by atoms with Crippen molar-refractivity contribution in [3.8, 4) is 28.6 Å². The van der Waals surface area contributed by atoms with Gasteiger partial charge in [-0.15, -0.1) is 5.54 Å². The number of fused-ring (bicyclic) bond motifs is 4. The zero-order chi connectivity index (χ0) is 36.2. The third kappa shape index (κ3) is 6.27. The Kier molecular flexibility index (Phi) is 10.2. The van der Waals surface area contributed by atoms with Gasteiger partial charge in [0.05, 0.1) is 11.7 Å². The summed E-state index contributed by atoms with van der Waals surface area (Å²) in [5, 5.41) is 1.23. The molecule has 50 heavy (non-hydrogen) atoms. The van der Waals surface area contributed by atoms with E-state index >= 15 is 13.2 Å². The number of pyridine rings is 1. The number of rotatable bonds is 8. The minimum atomic E-state index is -2.31. The van der Waals surface area contributed by atoms with Crippen molar-refractivity contribution in [2.75, 3.05) is 24.2 Å². The largest absolute Gasteiger partial charge is 0.474 e. The van der Waals surface area contributed by atoms with E-state index in [0.717, 1.165) is 13.1 Å². The van der Waals surface area contributed by atoms with Crippen LogP contribution in [0.2, 0.25) is 16.6 Å². The lowest BCUT2D eigenvalue weighted by molar-refractivity contribution is 0.236. The third-order valence-electron chi connectivity index (χ3n) is 11.0. The minimum Gasteiger partial charge on any atom is -0.474 e. The van der Waals surface area contributed by atoms with Gasteiger partial charge in [0, 0.05) is 29.4 Å². The summed E-state index contributed by atoms with van der Waals surface area (Å²) < 4.78 is 55.7. The predicted octanol–water partition coefficient (Wildman–Crippen LogP) is 10.9. The first-order valence-electron chi connectivity index (χ1n) is 18.0. The van der Waals surface area contributed by atoms with E-state index in [-0.39, 0.29) is 50.7 Å². The number of hydrogen-bond donors (Lipinski definition) is 0. The molecule has 2 fully saturated rings. The molecule has 1 aliphatic heterocycles. The van der Waals surface area contributed by atoms with Gasteiger partial charge in [0.1, 0.15) is 42.1 Å². The van der Waals surface area contributed by atoms with Crippen LogP contribution in [-0.4, -0.2) is 48.5 Å². The van der Waals surface area contributed by atoms with Gasteiger partial charge in [-0.25, -0.2) is 28.1 Å². The topological polar surface area (TPSA) is 51.1 Å². The van der Waals surface area contributed by atoms with Crippen molar-refractivity contribution in [1.29, 1.82) is 0 Å². The highest BCUT2D eigenvalue weighted by molar-refractivity contribution is 7.98. The van der Waals surface area contributed by atoms with Gasteiger partial charge in [0.15, 0.2) is 11.0 Å². The summed E-state index contributed by atoms with van der Waals surface area (Å²) in [7, 11) is -2.31. The van der Waals surface area contributed by atoms with Crippen LogP contribution in [0, 0.1) is 47.7 Å². The van der Waals surface area contributed by atoms with Crippen molar-refractivity contribution in [2.45, 2.75) is 109 Å². The van der Waals surface area contributed by atoms with Crippen LogP contribution in [0.4, 0.5) is 19.0 Å². The van der Waals surface area contributed by atoms with E-state index in [1.807, 2.05) is 20.1 Å². The summed E-state index contributed by atoms with van der Waals surface area (Å²) >= 11 is 1.35. The predicted molar refractivity (Wildman–Crippen MR) is 203 cm³/mol. The van der Waals surface area contributed by atoms with Crippen molar-refractivity contribution in [1.82, 2.24) is 15.0 Å². The molecule has 2 bridgehead atoms. The number of aromatic nitrogens is 3. The fourth-order valence-electron chi connectivity index (χ4n) is 8.81. The molecule has 4 aromatic rings. The minimum absolute atomic E-state index is 0.0554. The molecule has 0 amide bonds. The second-order valence-corrected chi connectivity index (χ2v) is 21.9. The number of nitrogens with zero attached hydrogens (tertiary/aromatic N) is 4. The SMILES string of the molecule is CSc1nc(N2CC3CCC(C3)C2)c2c(OC(C)C)nc(-c3cc(C)c(F)c4ccc(F)c(C#C[Si](C(C)C)(C(C)C)C(C)C)c34)c(F)c2n1. The van der Waals surface area contributed by atoms with Crippen LogP contribution in [0.1, 0.15) is 85.8 Å². The quantitative estimate of drug-likeness (QED) is 0.0782. The van der Waals surface area contributed by atoms with Crippen molar-refractivity contribution < 1.29 is 17.9 Å². The molecule has 3 heterocycles. The van der Waals surface area contributed by atoms with Crippen LogP contribution >= 0.6 is 11.8 Å². The highest BCUT2D eigenvalue weighted by Gasteiger charge is 2.42. The van der Waals surface area contributed by atoms with E-state index in [0.29, 0.717) is 44.8 Å². The monoisotopic (exact) mass is 718 g/mol. The Morgan fingerprint density at radius 2 is 1.52 bits per heavy atom. The summed E-state index contributed by atoms with van der Waals surface area (Å²) in [5.41, 5.74) is 5.12. The third-order valence-corrected chi connectivity index (χ3v) is 17.9. The summed E-state index contributed by atoms with van der Waals surface area (Å²) in [4.78, 5) is 16.7. The molecule has 2 aromatic carbocycles. The Balaban J connectivity index is 1.69. The number of thioether (sulfide) groups is 1. The average Bonchev–Trinajstić information content (AvgIpc) is 3.40. The molecule has 0 radical (unpaired) electrons. The summed E-state index contributed by atoms with van der Waals surface area (Å²) in [6.07, 6.45) is 5.14. The molecule has 5 nitrogen and oxygen atoms in total. The summed E-state index contributed by atoms with van der Waals surface area (Å²) in [6.45, 7) is 20.2. The number of benzene rings is 2. The molecular weight excluding hydrogens is 670 g/mol. The van der Waals surface area contributed by atoms with Crippen LogP contribution < -0.4 is 9.64 Å². The number of piperidine rings is 1. The maximum atomic E-state index is 17.3. The van der Waals surface area contributed by atoms with E-state index < -0.39 is 25.5 Å². The molecule has 10 heteroatoms. The molecule has 6 rings (SSSR count). The number of anilines is 1. The highest BCUT2D eigenvalue weighted by Crippen LogP contribution is 2.45. The number of ether oxygens (including phenoxy) is 1. The fourth-order valence-corrected chi connectivity index (χ4v) is 14.4. The van der Waals surface area contributed by atoms with Gasteiger partial charge in [-0.2, -0.15) is 0 Å². The first-order valence-corrected chi connectivity index (χ1v) is 21.4. The Morgan fingerprint density at radius 1 is 0.880 bits per heavy atom. The normalized spacial score (nSPS) is 17.9. The molecule has 1 saturated carbocycles. The molecule has 0 spiro atoms. The molecule has 0 N–H and O–H groups in total. The van der Waals surface area contributed by atoms with Gasteiger partial charge >= 0.3 is 0 Å². The van der Waals surface area contributed by atoms with Crippen molar-refractivity contribution in [2.24, 2.45) is 11.8 Å². The van der Waals surface area contributed by atoms with Crippen LogP contribution in [0.25, 0.3) is 32.9 Å². The van der Waals surface area contributed by atoms with Crippen LogP contribution in [0.15, 0.2) is 23.4 Å². The van der Waals surface area contributed by atoms with Gasteiger partial charge < -0.3 is 9.64 Å². The van der Waals surface area contributed by atoms with E-state index in [1.54, 1.807) is 13.0 Å². The number of hydrogen-bond acceptors (Lipinski definition) is 6. The van der Waals surface area contributed by atoms with E-state index in [2.05, 4.69) is 57.9 Å². The molecule has 2 aliphatic rings. The molecule has 266 valence electrons. The van der Waals surface area contributed by atoms with Crippen LogP contribution in [0.5, 0.6) is 5.88 Å². The van der Waals surface area contributed by atoms with E-state index in [1.165, 1.54) is 43.2 Å². The fraction of sp³-hybridized carbons (Fsp3) is 0.525. The maximum Gasteiger partial charge on any atom is 0.227 e. The lowest BCUT2D eigenvalue weighted by atomic mass is 9.93. The molecule has 2 atom stereocenters. The first kappa shape index (κ1) is 36.5. The Bertz CT molecular complexity index is 1990. The standard InChI is InChI=1S/C40H49F3N4OSSi/c1-21(2)48-39-33-37(45-40(49-10)46-38(33)47-19-26-11-12-27(18-26)20-47)35(43)36(44-39)30-17-25(9)34(42)29-13-14-31(41)28(32(29)30)15-16-50(22(3)4,23(5)6)24(7)8/h13-14,17,21-24,26-27H,11-12,18-20H2,1-10H3. The molecule has 2 aromatic heterocycles. The smallest absolute Gasteiger partial charge is 0.227 e. The van der Waals surface area contributed by atoms with Crippen molar-refractivity contribution >= 4 is 47.3 Å². The summed E-state index contributed by atoms with van der Waals surface area (Å²) in [5.74, 6) is 3.44. The second kappa shape index (κ2) is 14.0. The molecule has 1 saturated heterocycles. The van der Waals surface area contributed by atoms with Gasteiger partial charge in [0.2, 0.25) is 5.88 Å². The van der Waals surface area contributed by atoms with Crippen molar-refractivity contribution in [3.63, 3.8) is 0 Å². The van der Waals surface area contributed by atoms with E-state index in [9.17, 15) is 0 Å². The number of aryl methyl sites for hydroxylation is 1. The van der Waals surface area contributed by atoms with E-state index in [4.69, 9.17) is 19.7 Å². The molecule has 1 aliphatic carbocycles. The van der Waals surface area contributed by atoms with Crippen LogP contribution in [0.3, 0.4) is 0 Å². The van der Waals surface area contributed by atoms with Gasteiger partial charge in [-0.1, -0.05) is 59.2 Å². The Labute approximate surface area is 300 Å². The molecular formula is C40H49F3N4OSSi. The van der Waals surface area contributed by atoms with Gasteiger partial charge in [-0.3, -0.25) is 0 Å². The zero-order valence-electron chi connectivity index (χ0n) is 31.0. The Morgan fingerprint density at radius 3 is 2.10 bits per heavy atom. The second-order valence-electron chi connectivity index (χ2n) is 15.5. The first-order chi connectivity index (χ1) is 23.7.